The molecule has 4 nitrogen and oxygen atoms in total. The van der Waals surface area contributed by atoms with Crippen molar-refractivity contribution in [3.63, 3.8) is 0 Å². The molecule has 0 spiro atoms. The van der Waals surface area contributed by atoms with Crippen LogP contribution in [0.2, 0.25) is 0 Å². The Morgan fingerprint density at radius 1 is 1.23 bits per heavy atom. The van der Waals surface area contributed by atoms with Crippen molar-refractivity contribution in [2.75, 3.05) is 14.2 Å². The molecule has 0 aliphatic carbocycles. The fourth-order valence-corrected chi connectivity index (χ4v) is 0.979. The van der Waals surface area contributed by atoms with E-state index >= 15 is 0 Å². The van der Waals surface area contributed by atoms with E-state index in [1.54, 1.807) is 6.92 Å². The van der Waals surface area contributed by atoms with Crippen LogP contribution in [0.5, 0.6) is 0 Å². The Hall–Kier alpha value is -1.06. The van der Waals surface area contributed by atoms with E-state index in [-0.39, 0.29) is 12.4 Å². The Balaban J connectivity index is 4.45. The second-order valence-corrected chi connectivity index (χ2v) is 3.16. The number of rotatable bonds is 4. The molecule has 0 aliphatic heterocycles. The minimum absolute atomic E-state index is 0.0622. The van der Waals surface area contributed by atoms with Gasteiger partial charge in [-0.3, -0.25) is 9.59 Å². The van der Waals surface area contributed by atoms with Gasteiger partial charge < -0.3 is 9.47 Å². The highest BCUT2D eigenvalue weighted by molar-refractivity contribution is 5.82. The maximum absolute atomic E-state index is 11.3. The summed E-state index contributed by atoms with van der Waals surface area (Å²) >= 11 is 0. The van der Waals surface area contributed by atoms with Crippen molar-refractivity contribution in [3.8, 4) is 0 Å². The molecular weight excluding hydrogens is 172 g/mol. The predicted molar refractivity (Wildman–Crippen MR) is 47.0 cm³/mol. The standard InChI is InChI=1S/C9H16O4/c1-5-9(2,8(11)13-4)6-7(10)12-3/h5-6H2,1-4H3/t9-/m1/s1. The molecule has 0 aromatic heterocycles. The Labute approximate surface area is 78.2 Å². The summed E-state index contributed by atoms with van der Waals surface area (Å²) in [5.74, 6) is -0.768. The van der Waals surface area contributed by atoms with Crippen molar-refractivity contribution >= 4 is 11.9 Å². The first kappa shape index (κ1) is 11.9. The molecule has 0 amide bonds. The molecule has 0 unspecified atom stereocenters. The van der Waals surface area contributed by atoms with Crippen molar-refractivity contribution < 1.29 is 19.1 Å². The van der Waals surface area contributed by atoms with E-state index in [0.29, 0.717) is 6.42 Å². The predicted octanol–water partition coefficient (Wildman–Crippen LogP) is 1.14. The van der Waals surface area contributed by atoms with Gasteiger partial charge in [-0.1, -0.05) is 6.92 Å². The minimum Gasteiger partial charge on any atom is -0.469 e. The zero-order valence-electron chi connectivity index (χ0n) is 8.55. The minimum atomic E-state index is -0.762. The van der Waals surface area contributed by atoms with Crippen LogP contribution in [0.15, 0.2) is 0 Å². The molecule has 0 radical (unpaired) electrons. The second-order valence-electron chi connectivity index (χ2n) is 3.16. The summed E-state index contributed by atoms with van der Waals surface area (Å²) in [4.78, 5) is 22.3. The smallest absolute Gasteiger partial charge is 0.312 e. The first-order valence-corrected chi connectivity index (χ1v) is 4.15. The summed E-state index contributed by atoms with van der Waals surface area (Å²) in [6, 6.07) is 0. The van der Waals surface area contributed by atoms with E-state index in [4.69, 9.17) is 0 Å². The number of carbonyl (C=O) groups excluding carboxylic acids is 2. The van der Waals surface area contributed by atoms with Crippen LogP contribution in [-0.2, 0) is 19.1 Å². The van der Waals surface area contributed by atoms with Crippen molar-refractivity contribution in [1.29, 1.82) is 0 Å². The monoisotopic (exact) mass is 188 g/mol. The first-order chi connectivity index (χ1) is 6.00. The molecule has 0 saturated carbocycles. The first-order valence-electron chi connectivity index (χ1n) is 4.15. The fourth-order valence-electron chi connectivity index (χ4n) is 0.979. The summed E-state index contributed by atoms with van der Waals surface area (Å²) in [6.45, 7) is 3.52. The molecule has 0 aromatic carbocycles. The van der Waals surface area contributed by atoms with Crippen LogP contribution in [-0.4, -0.2) is 26.2 Å². The topological polar surface area (TPSA) is 52.6 Å². The van der Waals surface area contributed by atoms with Gasteiger partial charge in [-0.05, 0) is 13.3 Å². The third kappa shape index (κ3) is 3.05. The number of esters is 2. The maximum Gasteiger partial charge on any atom is 0.312 e. The van der Waals surface area contributed by atoms with Gasteiger partial charge in [0.25, 0.3) is 0 Å². The summed E-state index contributed by atoms with van der Waals surface area (Å²) in [7, 11) is 2.61. The molecule has 0 aromatic rings. The van der Waals surface area contributed by atoms with Crippen molar-refractivity contribution in [1.82, 2.24) is 0 Å². The quantitative estimate of drug-likeness (QED) is 0.621. The summed E-state index contributed by atoms with van der Waals surface area (Å²) in [5, 5.41) is 0. The number of hydrogen-bond acceptors (Lipinski definition) is 4. The zero-order valence-corrected chi connectivity index (χ0v) is 8.55. The molecule has 1 atom stereocenters. The Bertz CT molecular complexity index is 200. The van der Waals surface area contributed by atoms with Gasteiger partial charge in [0.15, 0.2) is 0 Å². The van der Waals surface area contributed by atoms with E-state index < -0.39 is 11.4 Å². The molecule has 0 N–H and O–H groups in total. The van der Waals surface area contributed by atoms with Gasteiger partial charge in [0.1, 0.15) is 0 Å². The van der Waals surface area contributed by atoms with Gasteiger partial charge >= 0.3 is 11.9 Å². The SMILES string of the molecule is CC[C@](C)(CC(=O)OC)C(=O)OC. The molecule has 13 heavy (non-hydrogen) atoms. The molecule has 0 bridgehead atoms. The largest absolute Gasteiger partial charge is 0.469 e. The molecular formula is C9H16O4. The Morgan fingerprint density at radius 3 is 2.08 bits per heavy atom. The molecule has 4 heteroatoms. The van der Waals surface area contributed by atoms with E-state index in [1.807, 2.05) is 6.92 Å². The van der Waals surface area contributed by atoms with Crippen LogP contribution in [0.3, 0.4) is 0 Å². The molecule has 0 fully saturated rings. The molecule has 0 aliphatic rings. The highest BCUT2D eigenvalue weighted by atomic mass is 16.5. The lowest BCUT2D eigenvalue weighted by molar-refractivity contribution is -0.158. The van der Waals surface area contributed by atoms with Crippen LogP contribution < -0.4 is 0 Å². The summed E-state index contributed by atoms with van der Waals surface area (Å²) in [6.07, 6.45) is 0.613. The van der Waals surface area contributed by atoms with E-state index in [2.05, 4.69) is 9.47 Å². The van der Waals surface area contributed by atoms with E-state index in [1.165, 1.54) is 14.2 Å². The van der Waals surface area contributed by atoms with Crippen molar-refractivity contribution in [3.05, 3.63) is 0 Å². The van der Waals surface area contributed by atoms with Crippen LogP contribution in [0.25, 0.3) is 0 Å². The third-order valence-electron chi connectivity index (χ3n) is 2.22. The van der Waals surface area contributed by atoms with E-state index in [0.717, 1.165) is 0 Å². The second kappa shape index (κ2) is 4.84. The molecule has 0 saturated heterocycles. The molecule has 0 rings (SSSR count). The van der Waals surface area contributed by atoms with Crippen LogP contribution >= 0.6 is 0 Å². The number of methoxy groups -OCH3 is 2. The van der Waals surface area contributed by atoms with Gasteiger partial charge in [-0.15, -0.1) is 0 Å². The summed E-state index contributed by atoms with van der Waals surface area (Å²) < 4.78 is 9.10. The normalized spacial score (nSPS) is 14.5. The Kier molecular flexibility index (Phi) is 4.45. The lowest BCUT2D eigenvalue weighted by Gasteiger charge is -2.23. The van der Waals surface area contributed by atoms with Gasteiger partial charge in [-0.25, -0.2) is 0 Å². The molecule has 76 valence electrons. The van der Waals surface area contributed by atoms with Gasteiger partial charge in [0.05, 0.1) is 26.1 Å². The average Bonchev–Trinajstić information content (AvgIpc) is 2.15. The lowest BCUT2D eigenvalue weighted by atomic mass is 9.84. The number of carbonyl (C=O) groups is 2. The van der Waals surface area contributed by atoms with Crippen LogP contribution in [0, 0.1) is 5.41 Å². The number of ether oxygens (including phenoxy) is 2. The van der Waals surface area contributed by atoms with Crippen molar-refractivity contribution in [2.24, 2.45) is 5.41 Å². The van der Waals surface area contributed by atoms with Crippen molar-refractivity contribution in [2.45, 2.75) is 26.7 Å². The zero-order chi connectivity index (χ0) is 10.5. The average molecular weight is 188 g/mol. The van der Waals surface area contributed by atoms with Crippen LogP contribution in [0.1, 0.15) is 26.7 Å². The lowest BCUT2D eigenvalue weighted by Crippen LogP contribution is -2.31. The van der Waals surface area contributed by atoms with Gasteiger partial charge in [0.2, 0.25) is 0 Å². The Morgan fingerprint density at radius 2 is 1.77 bits per heavy atom. The highest BCUT2D eigenvalue weighted by Crippen LogP contribution is 2.27. The summed E-state index contributed by atoms with van der Waals surface area (Å²) in [5.41, 5.74) is -0.762. The van der Waals surface area contributed by atoms with E-state index in [9.17, 15) is 9.59 Å². The molecule has 0 heterocycles. The highest BCUT2D eigenvalue weighted by Gasteiger charge is 2.35. The van der Waals surface area contributed by atoms with Crippen LogP contribution in [0.4, 0.5) is 0 Å². The van der Waals surface area contributed by atoms with Gasteiger partial charge in [0, 0.05) is 0 Å². The fraction of sp³-hybridized carbons (Fsp3) is 0.778. The third-order valence-corrected chi connectivity index (χ3v) is 2.22. The maximum atomic E-state index is 11.3. The number of hydrogen-bond donors (Lipinski definition) is 0. The van der Waals surface area contributed by atoms with Gasteiger partial charge in [-0.2, -0.15) is 0 Å².